The highest BCUT2D eigenvalue weighted by Crippen LogP contribution is 2.28. The third-order valence-electron chi connectivity index (χ3n) is 2.02. The van der Waals surface area contributed by atoms with Crippen molar-refractivity contribution >= 4 is 0 Å². The quantitative estimate of drug-likeness (QED) is 0.687. The molecule has 0 aromatic heterocycles. The Morgan fingerprint density at radius 3 is 2.73 bits per heavy atom. The Morgan fingerprint density at radius 2 is 2.13 bits per heavy atom. The summed E-state index contributed by atoms with van der Waals surface area (Å²) >= 11 is 0. The number of ether oxygens (including phenoxy) is 2. The van der Waals surface area contributed by atoms with Crippen LogP contribution in [0.25, 0.3) is 0 Å². The Hall–Kier alpha value is -1.26. The topological polar surface area (TPSA) is 64.7 Å². The van der Waals surface area contributed by atoms with Gasteiger partial charge in [-0.1, -0.05) is 6.07 Å². The van der Waals surface area contributed by atoms with Gasteiger partial charge in [-0.15, -0.1) is 0 Å². The number of benzene rings is 1. The third-order valence-corrected chi connectivity index (χ3v) is 2.02. The lowest BCUT2D eigenvalue weighted by Crippen LogP contribution is -2.06. The van der Waals surface area contributed by atoms with Gasteiger partial charge < -0.3 is 20.3 Å². The zero-order valence-corrected chi connectivity index (χ0v) is 8.90. The minimum atomic E-state index is -0.000556. The van der Waals surface area contributed by atoms with Crippen LogP contribution in [-0.4, -0.2) is 25.4 Å². The summed E-state index contributed by atoms with van der Waals surface area (Å²) in [5.74, 6) is 1.32. The fourth-order valence-corrected chi connectivity index (χ4v) is 1.20. The molecule has 0 heterocycles. The second kappa shape index (κ2) is 6.27. The highest BCUT2D eigenvalue weighted by atomic mass is 16.5. The zero-order chi connectivity index (χ0) is 11.1. The van der Waals surface area contributed by atoms with Crippen molar-refractivity contribution in [3.05, 3.63) is 23.8 Å². The SMILES string of the molecule is COc1cc(CO)ccc1OCCCN. The number of methoxy groups -OCH3 is 1. The minimum absolute atomic E-state index is 0.000556. The second-order valence-electron chi connectivity index (χ2n) is 3.13. The first-order valence-corrected chi connectivity index (χ1v) is 4.92. The van der Waals surface area contributed by atoms with Crippen molar-refractivity contribution in [1.82, 2.24) is 0 Å². The van der Waals surface area contributed by atoms with E-state index >= 15 is 0 Å². The van der Waals surface area contributed by atoms with Gasteiger partial charge in [0.1, 0.15) is 0 Å². The molecule has 0 unspecified atom stereocenters. The monoisotopic (exact) mass is 211 g/mol. The van der Waals surface area contributed by atoms with Crippen LogP contribution < -0.4 is 15.2 Å². The molecule has 0 aliphatic rings. The summed E-state index contributed by atoms with van der Waals surface area (Å²) in [6, 6.07) is 5.36. The standard InChI is InChI=1S/C11H17NO3/c1-14-11-7-9(8-13)3-4-10(11)15-6-2-5-12/h3-4,7,13H,2,5-6,8,12H2,1H3. The van der Waals surface area contributed by atoms with Gasteiger partial charge in [-0.3, -0.25) is 0 Å². The van der Waals surface area contributed by atoms with Crippen molar-refractivity contribution in [3.8, 4) is 11.5 Å². The maximum atomic E-state index is 8.95. The lowest BCUT2D eigenvalue weighted by molar-refractivity contribution is 0.276. The van der Waals surface area contributed by atoms with Gasteiger partial charge in [0.05, 0.1) is 20.3 Å². The second-order valence-corrected chi connectivity index (χ2v) is 3.13. The highest BCUT2D eigenvalue weighted by Gasteiger charge is 2.04. The van der Waals surface area contributed by atoms with Crippen LogP contribution in [0.1, 0.15) is 12.0 Å². The van der Waals surface area contributed by atoms with Crippen LogP contribution in [0.3, 0.4) is 0 Å². The third kappa shape index (κ3) is 3.42. The van der Waals surface area contributed by atoms with Crippen molar-refractivity contribution in [2.45, 2.75) is 13.0 Å². The fraction of sp³-hybridized carbons (Fsp3) is 0.455. The van der Waals surface area contributed by atoms with Gasteiger partial charge in [0.15, 0.2) is 11.5 Å². The molecule has 4 heteroatoms. The molecule has 1 aromatic carbocycles. The van der Waals surface area contributed by atoms with Gasteiger partial charge in [0.25, 0.3) is 0 Å². The molecule has 4 nitrogen and oxygen atoms in total. The van der Waals surface area contributed by atoms with Crippen molar-refractivity contribution < 1.29 is 14.6 Å². The smallest absolute Gasteiger partial charge is 0.161 e. The molecule has 1 rings (SSSR count). The maximum absolute atomic E-state index is 8.95. The number of rotatable bonds is 6. The van der Waals surface area contributed by atoms with Crippen molar-refractivity contribution in [2.75, 3.05) is 20.3 Å². The zero-order valence-electron chi connectivity index (χ0n) is 8.90. The van der Waals surface area contributed by atoms with E-state index < -0.39 is 0 Å². The van der Waals surface area contributed by atoms with E-state index in [0.29, 0.717) is 24.7 Å². The predicted molar refractivity (Wildman–Crippen MR) is 58.1 cm³/mol. The lowest BCUT2D eigenvalue weighted by Gasteiger charge is -2.11. The molecule has 3 N–H and O–H groups in total. The predicted octanol–water partition coefficient (Wildman–Crippen LogP) is 0.915. The summed E-state index contributed by atoms with van der Waals surface area (Å²) in [7, 11) is 1.58. The van der Waals surface area contributed by atoms with E-state index in [-0.39, 0.29) is 6.61 Å². The number of hydrogen-bond donors (Lipinski definition) is 2. The molecule has 0 spiro atoms. The number of aliphatic hydroxyl groups excluding tert-OH is 1. The molecule has 84 valence electrons. The van der Waals surface area contributed by atoms with E-state index in [1.54, 1.807) is 25.3 Å². The molecule has 0 bridgehead atoms. The van der Waals surface area contributed by atoms with Crippen LogP contribution in [0.4, 0.5) is 0 Å². The summed E-state index contributed by atoms with van der Waals surface area (Å²) in [6.45, 7) is 1.18. The summed E-state index contributed by atoms with van der Waals surface area (Å²) in [6.07, 6.45) is 0.810. The summed E-state index contributed by atoms with van der Waals surface area (Å²) in [5, 5.41) is 8.95. The number of nitrogens with two attached hydrogens (primary N) is 1. The van der Waals surface area contributed by atoms with Gasteiger partial charge in [-0.2, -0.15) is 0 Å². The summed E-state index contributed by atoms with van der Waals surface area (Å²) in [4.78, 5) is 0. The fourth-order valence-electron chi connectivity index (χ4n) is 1.20. The number of aliphatic hydroxyl groups is 1. The van der Waals surface area contributed by atoms with E-state index in [4.69, 9.17) is 20.3 Å². The first kappa shape index (κ1) is 11.8. The largest absolute Gasteiger partial charge is 0.493 e. The molecular weight excluding hydrogens is 194 g/mol. The van der Waals surface area contributed by atoms with Crippen LogP contribution in [0.15, 0.2) is 18.2 Å². The minimum Gasteiger partial charge on any atom is -0.493 e. The highest BCUT2D eigenvalue weighted by molar-refractivity contribution is 5.42. The van der Waals surface area contributed by atoms with E-state index in [2.05, 4.69) is 0 Å². The maximum Gasteiger partial charge on any atom is 0.161 e. The van der Waals surface area contributed by atoms with Crippen LogP contribution in [0, 0.1) is 0 Å². The molecule has 15 heavy (non-hydrogen) atoms. The summed E-state index contributed by atoms with van der Waals surface area (Å²) < 4.78 is 10.6. The van der Waals surface area contributed by atoms with E-state index in [1.165, 1.54) is 0 Å². The first-order chi connectivity index (χ1) is 7.31. The van der Waals surface area contributed by atoms with Crippen LogP contribution in [0.2, 0.25) is 0 Å². The van der Waals surface area contributed by atoms with Gasteiger partial charge in [-0.05, 0) is 30.7 Å². The average molecular weight is 211 g/mol. The van der Waals surface area contributed by atoms with Gasteiger partial charge in [-0.25, -0.2) is 0 Å². The Kier molecular flexibility index (Phi) is 4.93. The Labute approximate surface area is 89.6 Å². The molecule has 1 aromatic rings. The lowest BCUT2D eigenvalue weighted by atomic mass is 10.2. The Morgan fingerprint density at radius 1 is 1.33 bits per heavy atom. The van der Waals surface area contributed by atoms with E-state index in [0.717, 1.165) is 12.0 Å². The van der Waals surface area contributed by atoms with Crippen molar-refractivity contribution in [1.29, 1.82) is 0 Å². The molecule has 0 aliphatic heterocycles. The Balaban J connectivity index is 2.69. The summed E-state index contributed by atoms with van der Waals surface area (Å²) in [5.41, 5.74) is 6.17. The first-order valence-electron chi connectivity index (χ1n) is 4.92. The van der Waals surface area contributed by atoms with Crippen molar-refractivity contribution in [3.63, 3.8) is 0 Å². The molecule has 0 fully saturated rings. The molecule has 0 aliphatic carbocycles. The van der Waals surface area contributed by atoms with Crippen LogP contribution in [0.5, 0.6) is 11.5 Å². The normalized spacial score (nSPS) is 10.1. The number of hydrogen-bond acceptors (Lipinski definition) is 4. The average Bonchev–Trinajstić information content (AvgIpc) is 2.29. The van der Waals surface area contributed by atoms with Gasteiger partial charge in [0, 0.05) is 0 Å². The molecule has 0 saturated carbocycles. The Bertz CT molecular complexity index is 302. The molecule has 0 atom stereocenters. The molecule has 0 amide bonds. The van der Waals surface area contributed by atoms with E-state index in [9.17, 15) is 0 Å². The van der Waals surface area contributed by atoms with Crippen molar-refractivity contribution in [2.24, 2.45) is 5.73 Å². The molecular formula is C11H17NO3. The van der Waals surface area contributed by atoms with Crippen LogP contribution >= 0.6 is 0 Å². The van der Waals surface area contributed by atoms with Crippen LogP contribution in [-0.2, 0) is 6.61 Å². The van der Waals surface area contributed by atoms with Gasteiger partial charge >= 0.3 is 0 Å². The van der Waals surface area contributed by atoms with Gasteiger partial charge in [0.2, 0.25) is 0 Å². The van der Waals surface area contributed by atoms with E-state index in [1.807, 2.05) is 0 Å². The molecule has 0 saturated heterocycles. The molecule has 0 radical (unpaired) electrons.